The van der Waals surface area contributed by atoms with Crippen molar-refractivity contribution in [3.8, 4) is 0 Å². The Morgan fingerprint density at radius 3 is 3.05 bits per heavy atom. The summed E-state index contributed by atoms with van der Waals surface area (Å²) in [6.45, 7) is 3.25. The molecule has 4 heteroatoms. The van der Waals surface area contributed by atoms with E-state index in [1.807, 2.05) is 12.1 Å². The molecule has 20 heavy (non-hydrogen) atoms. The van der Waals surface area contributed by atoms with Crippen molar-refractivity contribution in [3.63, 3.8) is 0 Å². The van der Waals surface area contributed by atoms with Crippen LogP contribution in [0.3, 0.4) is 0 Å². The van der Waals surface area contributed by atoms with Crippen LogP contribution in [0, 0.1) is 5.92 Å². The lowest BCUT2D eigenvalue weighted by Crippen LogP contribution is -2.31. The predicted molar refractivity (Wildman–Crippen MR) is 79.6 cm³/mol. The van der Waals surface area contributed by atoms with Crippen molar-refractivity contribution in [1.29, 1.82) is 0 Å². The van der Waals surface area contributed by atoms with E-state index in [1.165, 1.54) is 24.1 Å². The summed E-state index contributed by atoms with van der Waals surface area (Å²) in [4.78, 5) is 13.4. The number of fused-ring (bicyclic) bond motifs is 1. The molecule has 2 atom stereocenters. The van der Waals surface area contributed by atoms with E-state index in [0.29, 0.717) is 11.5 Å². The van der Waals surface area contributed by atoms with E-state index in [-0.39, 0.29) is 0 Å². The highest BCUT2D eigenvalue weighted by Gasteiger charge is 2.29. The van der Waals surface area contributed by atoms with Crippen LogP contribution in [-0.4, -0.2) is 37.8 Å². The first-order chi connectivity index (χ1) is 9.65. The average Bonchev–Trinajstić information content (AvgIpc) is 2.76. The zero-order chi connectivity index (χ0) is 14.1. The molecule has 2 aliphatic rings. The van der Waals surface area contributed by atoms with Crippen LogP contribution in [0.1, 0.15) is 41.1 Å². The Kier molecular flexibility index (Phi) is 3.66. The number of nitrogens with zero attached hydrogens (tertiary/aromatic N) is 1. The van der Waals surface area contributed by atoms with E-state index in [1.54, 1.807) is 6.07 Å². The summed E-state index contributed by atoms with van der Waals surface area (Å²) in [5.74, 6) is 0.362. The van der Waals surface area contributed by atoms with Crippen LogP contribution in [0.25, 0.3) is 0 Å². The van der Waals surface area contributed by atoms with Gasteiger partial charge in [0, 0.05) is 25.2 Å². The van der Waals surface area contributed by atoms with E-state index < -0.39 is 5.97 Å². The summed E-state index contributed by atoms with van der Waals surface area (Å²) in [7, 11) is 2.10. The molecule has 0 saturated carbocycles. The summed E-state index contributed by atoms with van der Waals surface area (Å²) < 4.78 is 0. The van der Waals surface area contributed by atoms with Gasteiger partial charge in [0.05, 0.1) is 5.56 Å². The molecule has 3 rings (SSSR count). The van der Waals surface area contributed by atoms with Crippen molar-refractivity contribution in [2.75, 3.05) is 31.6 Å². The molecule has 2 heterocycles. The first-order valence-electron chi connectivity index (χ1n) is 7.44. The summed E-state index contributed by atoms with van der Waals surface area (Å²) in [6.07, 6.45) is 3.71. The third-order valence-corrected chi connectivity index (χ3v) is 4.64. The van der Waals surface area contributed by atoms with Crippen molar-refractivity contribution in [3.05, 3.63) is 29.3 Å². The van der Waals surface area contributed by atoms with E-state index in [0.717, 1.165) is 32.0 Å². The summed E-state index contributed by atoms with van der Waals surface area (Å²) in [5, 5.41) is 12.6. The van der Waals surface area contributed by atoms with Gasteiger partial charge in [0.15, 0.2) is 0 Å². The van der Waals surface area contributed by atoms with Crippen molar-refractivity contribution in [2.45, 2.75) is 25.2 Å². The highest BCUT2D eigenvalue weighted by molar-refractivity contribution is 5.89. The summed E-state index contributed by atoms with van der Waals surface area (Å²) in [5.41, 5.74) is 2.83. The molecule has 2 unspecified atom stereocenters. The zero-order valence-electron chi connectivity index (χ0n) is 11.9. The van der Waals surface area contributed by atoms with Crippen LogP contribution in [0.15, 0.2) is 18.2 Å². The molecule has 1 saturated heterocycles. The Morgan fingerprint density at radius 1 is 1.50 bits per heavy atom. The fourth-order valence-corrected chi connectivity index (χ4v) is 3.62. The molecule has 108 valence electrons. The number of benzene rings is 1. The number of rotatable bonds is 3. The number of hydrogen-bond acceptors (Lipinski definition) is 3. The number of carboxylic acids is 1. The summed E-state index contributed by atoms with van der Waals surface area (Å²) >= 11 is 0. The lowest BCUT2D eigenvalue weighted by molar-refractivity contribution is 0.0697. The van der Waals surface area contributed by atoms with Gasteiger partial charge in [-0.15, -0.1) is 0 Å². The highest BCUT2D eigenvalue weighted by Crippen LogP contribution is 2.40. The third-order valence-electron chi connectivity index (χ3n) is 4.64. The molecule has 0 aliphatic carbocycles. The Hall–Kier alpha value is -1.55. The molecular formula is C16H22N2O2. The van der Waals surface area contributed by atoms with Gasteiger partial charge in [0.1, 0.15) is 0 Å². The van der Waals surface area contributed by atoms with Gasteiger partial charge < -0.3 is 15.3 Å². The van der Waals surface area contributed by atoms with Crippen LogP contribution in [0.2, 0.25) is 0 Å². The number of nitrogens with one attached hydrogen (secondary N) is 1. The minimum Gasteiger partial charge on any atom is -0.478 e. The van der Waals surface area contributed by atoms with Crippen LogP contribution in [-0.2, 0) is 0 Å². The second-order valence-corrected chi connectivity index (χ2v) is 6.10. The molecule has 1 aromatic rings. The number of hydrogen-bond donors (Lipinski definition) is 2. The van der Waals surface area contributed by atoms with Gasteiger partial charge in [0.2, 0.25) is 0 Å². The van der Waals surface area contributed by atoms with E-state index in [4.69, 9.17) is 5.11 Å². The normalized spacial score (nSPS) is 25.6. The van der Waals surface area contributed by atoms with Crippen LogP contribution in [0.5, 0.6) is 0 Å². The topological polar surface area (TPSA) is 52.6 Å². The fourth-order valence-electron chi connectivity index (χ4n) is 3.62. The van der Waals surface area contributed by atoms with E-state index >= 15 is 0 Å². The smallest absolute Gasteiger partial charge is 0.335 e. The molecule has 1 fully saturated rings. The lowest BCUT2D eigenvalue weighted by atomic mass is 9.86. The van der Waals surface area contributed by atoms with Gasteiger partial charge in [-0.25, -0.2) is 4.79 Å². The van der Waals surface area contributed by atoms with Gasteiger partial charge in [-0.05, 0) is 62.0 Å². The lowest BCUT2D eigenvalue weighted by Gasteiger charge is -2.25. The quantitative estimate of drug-likeness (QED) is 0.888. The zero-order valence-corrected chi connectivity index (χ0v) is 11.9. The number of anilines is 1. The Bertz CT molecular complexity index is 509. The third kappa shape index (κ3) is 2.52. The second-order valence-electron chi connectivity index (χ2n) is 6.10. The molecular weight excluding hydrogens is 252 g/mol. The molecule has 0 radical (unpaired) electrons. The number of aromatic carboxylic acids is 1. The number of carboxylic acid groups (broad SMARTS) is 1. The van der Waals surface area contributed by atoms with Crippen LogP contribution >= 0.6 is 0 Å². The first-order valence-corrected chi connectivity index (χ1v) is 7.44. The monoisotopic (exact) mass is 274 g/mol. The largest absolute Gasteiger partial charge is 0.478 e. The first kappa shape index (κ1) is 13.4. The van der Waals surface area contributed by atoms with Gasteiger partial charge in [-0.2, -0.15) is 0 Å². The number of piperidine rings is 1. The standard InChI is InChI=1S/C16H22N2O2/c1-18-10-13(7-11-3-2-6-17-9-11)14-8-12(16(19)20)4-5-15(14)18/h4-5,8,11,13,17H,2-3,6-7,9-10H2,1H3,(H,19,20). The Balaban J connectivity index is 1.81. The SMILES string of the molecule is CN1CC(CC2CCCNC2)c2cc(C(=O)O)ccc21. The maximum absolute atomic E-state index is 11.2. The highest BCUT2D eigenvalue weighted by atomic mass is 16.4. The average molecular weight is 274 g/mol. The predicted octanol–water partition coefficient (Wildman–Crippen LogP) is 2.31. The van der Waals surface area contributed by atoms with Gasteiger partial charge >= 0.3 is 5.97 Å². The van der Waals surface area contributed by atoms with Crippen molar-refractivity contribution in [2.24, 2.45) is 5.92 Å². The maximum atomic E-state index is 11.2. The summed E-state index contributed by atoms with van der Waals surface area (Å²) in [6, 6.07) is 5.54. The minimum absolute atomic E-state index is 0.408. The molecule has 1 aromatic carbocycles. The maximum Gasteiger partial charge on any atom is 0.335 e. The van der Waals surface area contributed by atoms with E-state index in [2.05, 4.69) is 17.3 Å². The Labute approximate surface area is 119 Å². The van der Waals surface area contributed by atoms with E-state index in [9.17, 15) is 4.79 Å². The number of carbonyl (C=O) groups is 1. The fraction of sp³-hybridized carbons (Fsp3) is 0.562. The molecule has 2 N–H and O–H groups in total. The van der Waals surface area contributed by atoms with Gasteiger partial charge in [-0.3, -0.25) is 0 Å². The second kappa shape index (κ2) is 5.44. The molecule has 4 nitrogen and oxygen atoms in total. The molecule has 0 bridgehead atoms. The van der Waals surface area contributed by atoms with Crippen LogP contribution < -0.4 is 10.2 Å². The minimum atomic E-state index is -0.833. The molecule has 2 aliphatic heterocycles. The van der Waals surface area contributed by atoms with Crippen LogP contribution in [0.4, 0.5) is 5.69 Å². The number of likely N-dealkylation sites (N-methyl/N-ethyl adjacent to an activating group) is 1. The van der Waals surface area contributed by atoms with Gasteiger partial charge in [-0.1, -0.05) is 0 Å². The van der Waals surface area contributed by atoms with Gasteiger partial charge in [0.25, 0.3) is 0 Å². The van der Waals surface area contributed by atoms with Crippen molar-refractivity contribution in [1.82, 2.24) is 5.32 Å². The van der Waals surface area contributed by atoms with Crippen molar-refractivity contribution >= 4 is 11.7 Å². The molecule has 0 spiro atoms. The van der Waals surface area contributed by atoms with Crippen molar-refractivity contribution < 1.29 is 9.90 Å². The molecule has 0 aromatic heterocycles. The molecule has 0 amide bonds. The Morgan fingerprint density at radius 2 is 2.35 bits per heavy atom.